The number of aromatic nitrogens is 1. The normalized spacial score (nSPS) is 10.1. The van der Waals surface area contributed by atoms with Gasteiger partial charge in [-0.2, -0.15) is 0 Å². The summed E-state index contributed by atoms with van der Waals surface area (Å²) in [7, 11) is 0. The molecule has 1 heterocycles. The van der Waals surface area contributed by atoms with E-state index < -0.39 is 0 Å². The van der Waals surface area contributed by atoms with Gasteiger partial charge in [-0.05, 0) is 24.1 Å². The van der Waals surface area contributed by atoms with E-state index in [1.165, 1.54) is 6.08 Å². The van der Waals surface area contributed by atoms with E-state index in [0.29, 0.717) is 6.54 Å². The first kappa shape index (κ1) is 11.2. The van der Waals surface area contributed by atoms with E-state index in [0.717, 1.165) is 12.0 Å². The van der Waals surface area contributed by atoms with Crippen LogP contribution in [0.5, 0.6) is 0 Å². The van der Waals surface area contributed by atoms with E-state index in [-0.39, 0.29) is 5.91 Å². The highest BCUT2D eigenvalue weighted by atomic mass is 16.1. The zero-order valence-electron chi connectivity index (χ0n) is 8.52. The molecule has 0 aliphatic heterocycles. The second-order valence-corrected chi connectivity index (χ2v) is 2.99. The van der Waals surface area contributed by atoms with Gasteiger partial charge in [-0.25, -0.2) is 0 Å². The van der Waals surface area contributed by atoms with Crippen molar-refractivity contribution in [2.75, 3.05) is 6.54 Å². The monoisotopic (exact) mass is 202 g/mol. The Balaban J connectivity index is 2.37. The molecule has 0 spiro atoms. The fourth-order valence-corrected chi connectivity index (χ4v) is 1.00. The van der Waals surface area contributed by atoms with Crippen molar-refractivity contribution in [3.63, 3.8) is 0 Å². The molecule has 0 fully saturated rings. The van der Waals surface area contributed by atoms with Gasteiger partial charge in [0, 0.05) is 25.0 Å². The van der Waals surface area contributed by atoms with Crippen molar-refractivity contribution in [3.8, 4) is 0 Å². The van der Waals surface area contributed by atoms with E-state index in [9.17, 15) is 4.79 Å². The standard InChI is InChI=1S/C12H14N2O/c1-2-3-9-14-12(15)7-6-11-5-4-8-13-10-11/h2,4-8,10H,1,3,9H2,(H,14,15)/b7-6+. The van der Waals surface area contributed by atoms with Crippen LogP contribution in [0.4, 0.5) is 0 Å². The molecule has 1 aromatic rings. The van der Waals surface area contributed by atoms with Crippen LogP contribution < -0.4 is 5.32 Å². The molecule has 3 heteroatoms. The van der Waals surface area contributed by atoms with Crippen molar-refractivity contribution in [3.05, 3.63) is 48.8 Å². The third-order valence-electron chi connectivity index (χ3n) is 1.76. The van der Waals surface area contributed by atoms with Crippen molar-refractivity contribution in [2.45, 2.75) is 6.42 Å². The number of rotatable bonds is 5. The lowest BCUT2D eigenvalue weighted by Gasteiger charge is -1.97. The average molecular weight is 202 g/mol. The molecule has 0 atom stereocenters. The molecule has 0 saturated carbocycles. The number of hydrogen-bond donors (Lipinski definition) is 1. The molecule has 0 unspecified atom stereocenters. The molecule has 0 bridgehead atoms. The van der Waals surface area contributed by atoms with Gasteiger partial charge >= 0.3 is 0 Å². The van der Waals surface area contributed by atoms with Crippen molar-refractivity contribution in [1.82, 2.24) is 10.3 Å². The summed E-state index contributed by atoms with van der Waals surface area (Å²) in [6.07, 6.45) is 9.18. The molecule has 1 rings (SSSR count). The summed E-state index contributed by atoms with van der Waals surface area (Å²) in [5.74, 6) is -0.0966. The van der Waals surface area contributed by atoms with E-state index in [2.05, 4.69) is 16.9 Å². The highest BCUT2D eigenvalue weighted by Crippen LogP contribution is 1.97. The third-order valence-corrected chi connectivity index (χ3v) is 1.76. The SMILES string of the molecule is C=CCCNC(=O)/C=C/c1cccnc1. The van der Waals surface area contributed by atoms with Crippen molar-refractivity contribution in [2.24, 2.45) is 0 Å². The maximum absolute atomic E-state index is 11.2. The van der Waals surface area contributed by atoms with Crippen molar-refractivity contribution >= 4 is 12.0 Å². The Morgan fingerprint density at radius 3 is 3.13 bits per heavy atom. The van der Waals surface area contributed by atoms with Gasteiger partial charge in [-0.3, -0.25) is 9.78 Å². The fourth-order valence-electron chi connectivity index (χ4n) is 1.00. The first-order chi connectivity index (χ1) is 7.33. The van der Waals surface area contributed by atoms with E-state index >= 15 is 0 Å². The minimum atomic E-state index is -0.0966. The van der Waals surface area contributed by atoms with Gasteiger partial charge in [0.25, 0.3) is 0 Å². The lowest BCUT2D eigenvalue weighted by atomic mass is 10.2. The third kappa shape index (κ3) is 4.76. The van der Waals surface area contributed by atoms with Gasteiger partial charge in [-0.1, -0.05) is 12.1 Å². The Morgan fingerprint density at radius 2 is 2.47 bits per heavy atom. The smallest absolute Gasteiger partial charge is 0.244 e. The van der Waals surface area contributed by atoms with Gasteiger partial charge in [0.05, 0.1) is 0 Å². The average Bonchev–Trinajstić information content (AvgIpc) is 2.28. The molecule has 15 heavy (non-hydrogen) atoms. The number of nitrogens with one attached hydrogen (secondary N) is 1. The van der Waals surface area contributed by atoms with Gasteiger partial charge < -0.3 is 5.32 Å². The zero-order chi connectivity index (χ0) is 10.9. The topological polar surface area (TPSA) is 42.0 Å². The Hall–Kier alpha value is -1.90. The van der Waals surface area contributed by atoms with E-state index in [1.807, 2.05) is 12.1 Å². The van der Waals surface area contributed by atoms with Gasteiger partial charge in [0.15, 0.2) is 0 Å². The summed E-state index contributed by atoms with van der Waals surface area (Å²) in [4.78, 5) is 15.2. The predicted molar refractivity (Wildman–Crippen MR) is 61.1 cm³/mol. The van der Waals surface area contributed by atoms with Crippen LogP contribution in [0, 0.1) is 0 Å². The molecule has 3 nitrogen and oxygen atoms in total. The van der Waals surface area contributed by atoms with Gasteiger partial charge in [0.2, 0.25) is 5.91 Å². The summed E-state index contributed by atoms with van der Waals surface area (Å²) >= 11 is 0. The van der Waals surface area contributed by atoms with Crippen LogP contribution in [0.1, 0.15) is 12.0 Å². The Morgan fingerprint density at radius 1 is 1.60 bits per heavy atom. The molecular weight excluding hydrogens is 188 g/mol. The van der Waals surface area contributed by atoms with Crippen molar-refractivity contribution < 1.29 is 4.79 Å². The minimum Gasteiger partial charge on any atom is -0.352 e. The Bertz CT molecular complexity index is 344. The van der Waals surface area contributed by atoms with Crippen LogP contribution in [0.3, 0.4) is 0 Å². The second-order valence-electron chi connectivity index (χ2n) is 2.99. The first-order valence-corrected chi connectivity index (χ1v) is 4.80. The Labute approximate surface area is 89.5 Å². The van der Waals surface area contributed by atoms with Crippen LogP contribution in [-0.2, 0) is 4.79 Å². The van der Waals surface area contributed by atoms with Crippen LogP contribution in [-0.4, -0.2) is 17.4 Å². The number of nitrogens with zero attached hydrogens (tertiary/aromatic N) is 1. The number of pyridine rings is 1. The number of hydrogen-bond acceptors (Lipinski definition) is 2. The van der Waals surface area contributed by atoms with E-state index in [1.54, 1.807) is 24.5 Å². The largest absolute Gasteiger partial charge is 0.352 e. The van der Waals surface area contributed by atoms with Crippen LogP contribution in [0.15, 0.2) is 43.3 Å². The maximum atomic E-state index is 11.2. The van der Waals surface area contributed by atoms with Crippen LogP contribution in [0.2, 0.25) is 0 Å². The lowest BCUT2D eigenvalue weighted by Crippen LogP contribution is -2.21. The van der Waals surface area contributed by atoms with Crippen LogP contribution in [0.25, 0.3) is 6.08 Å². The molecule has 0 saturated heterocycles. The highest BCUT2D eigenvalue weighted by molar-refractivity contribution is 5.91. The van der Waals surface area contributed by atoms with E-state index in [4.69, 9.17) is 0 Å². The van der Waals surface area contributed by atoms with Crippen molar-refractivity contribution in [1.29, 1.82) is 0 Å². The summed E-state index contributed by atoms with van der Waals surface area (Å²) in [6, 6.07) is 3.72. The summed E-state index contributed by atoms with van der Waals surface area (Å²) < 4.78 is 0. The zero-order valence-corrected chi connectivity index (χ0v) is 8.52. The molecular formula is C12H14N2O. The summed E-state index contributed by atoms with van der Waals surface area (Å²) in [5.41, 5.74) is 0.913. The number of carbonyl (C=O) groups excluding carboxylic acids is 1. The van der Waals surface area contributed by atoms with Gasteiger partial charge in [-0.15, -0.1) is 6.58 Å². The molecule has 1 aromatic heterocycles. The predicted octanol–water partition coefficient (Wildman–Crippen LogP) is 1.79. The number of amides is 1. The molecule has 0 aliphatic rings. The lowest BCUT2D eigenvalue weighted by molar-refractivity contribution is -0.116. The summed E-state index contributed by atoms with van der Waals surface area (Å²) in [5, 5.41) is 2.74. The molecule has 78 valence electrons. The molecule has 1 N–H and O–H groups in total. The molecule has 0 radical (unpaired) electrons. The van der Waals surface area contributed by atoms with Crippen LogP contribution >= 0.6 is 0 Å². The Kier molecular flexibility index (Phi) is 4.87. The molecule has 0 aromatic carbocycles. The molecule has 0 aliphatic carbocycles. The highest BCUT2D eigenvalue weighted by Gasteiger charge is 1.92. The molecule has 1 amide bonds. The first-order valence-electron chi connectivity index (χ1n) is 4.80. The quantitative estimate of drug-likeness (QED) is 0.449. The maximum Gasteiger partial charge on any atom is 0.244 e. The van der Waals surface area contributed by atoms with Gasteiger partial charge in [0.1, 0.15) is 0 Å². The fraction of sp³-hybridized carbons (Fsp3) is 0.167. The second kappa shape index (κ2) is 6.54. The minimum absolute atomic E-state index is 0.0966. The number of carbonyl (C=O) groups is 1. The summed E-state index contributed by atoms with van der Waals surface area (Å²) in [6.45, 7) is 4.20.